The maximum Gasteiger partial charge on any atom is 0.221 e. The van der Waals surface area contributed by atoms with Gasteiger partial charge < -0.3 is 10.2 Å². The molecule has 84 valence electrons. The minimum Gasteiger partial charge on any atom is -0.472 e. The van der Waals surface area contributed by atoms with Crippen LogP contribution < -0.4 is 10.5 Å². The molecule has 0 aliphatic rings. The van der Waals surface area contributed by atoms with Gasteiger partial charge in [0.2, 0.25) is 10.0 Å². The molecule has 0 spiro atoms. The van der Waals surface area contributed by atoms with Gasteiger partial charge in [-0.1, -0.05) is 12.2 Å². The lowest BCUT2D eigenvalue weighted by atomic mass is 10.4. The molecule has 3 N–H and O–H groups in total. The molecular weight excluding hydrogens is 236 g/mol. The summed E-state index contributed by atoms with van der Waals surface area (Å²) in [4.78, 5) is -0.0466. The highest BCUT2D eigenvalue weighted by Crippen LogP contribution is 2.03. The lowest BCUT2D eigenvalue weighted by molar-refractivity contribution is 0.560. The van der Waals surface area contributed by atoms with Crippen LogP contribution in [0.5, 0.6) is 0 Å². The smallest absolute Gasteiger partial charge is 0.221 e. The summed E-state index contributed by atoms with van der Waals surface area (Å²) in [6, 6.07) is 1.67. The Balaban J connectivity index is 2.62. The summed E-state index contributed by atoms with van der Waals surface area (Å²) in [6.45, 7) is 1.62. The van der Waals surface area contributed by atoms with Crippen LogP contribution in [0.1, 0.15) is 12.5 Å². The van der Waals surface area contributed by atoms with Crippen LogP contribution in [0.2, 0.25) is 0 Å². The molecular formula is C8H12N2O3S2. The Labute approximate surface area is 93.7 Å². The van der Waals surface area contributed by atoms with E-state index in [0.29, 0.717) is 0 Å². The third-order valence-corrected chi connectivity index (χ3v) is 4.16. The lowest BCUT2D eigenvalue weighted by Gasteiger charge is -2.11. The number of thiocarbonyl (C=S) groups is 1. The fraction of sp³-hybridized carbons (Fsp3) is 0.375. The Morgan fingerprint density at radius 3 is 2.87 bits per heavy atom. The molecule has 0 aliphatic heterocycles. The Kier molecular flexibility index (Phi) is 3.83. The topological polar surface area (TPSA) is 85.3 Å². The molecule has 0 saturated carbocycles. The number of sulfonamides is 1. The van der Waals surface area contributed by atoms with Crippen molar-refractivity contribution in [1.29, 1.82) is 0 Å². The zero-order valence-corrected chi connectivity index (χ0v) is 9.77. The average molecular weight is 248 g/mol. The summed E-state index contributed by atoms with van der Waals surface area (Å²) in [5.41, 5.74) is 6.01. The van der Waals surface area contributed by atoms with Crippen molar-refractivity contribution in [1.82, 2.24) is 4.72 Å². The first-order valence-corrected chi connectivity index (χ1v) is 6.18. The van der Waals surface area contributed by atoms with Crippen LogP contribution >= 0.6 is 12.2 Å². The van der Waals surface area contributed by atoms with Gasteiger partial charge >= 0.3 is 0 Å². The molecule has 5 nitrogen and oxygen atoms in total. The number of nitrogens with two attached hydrogens (primary N) is 1. The van der Waals surface area contributed by atoms with E-state index in [4.69, 9.17) is 10.2 Å². The van der Waals surface area contributed by atoms with Gasteiger partial charge in [0.1, 0.15) is 5.25 Å². The molecule has 1 aromatic heterocycles. The highest BCUT2D eigenvalue weighted by atomic mass is 32.2. The second-order valence-corrected chi connectivity index (χ2v) is 5.60. The fourth-order valence-corrected chi connectivity index (χ4v) is 2.16. The molecule has 0 bridgehead atoms. The quantitative estimate of drug-likeness (QED) is 0.735. The minimum atomic E-state index is -3.49. The van der Waals surface area contributed by atoms with Gasteiger partial charge in [0.15, 0.2) is 0 Å². The van der Waals surface area contributed by atoms with E-state index in [1.807, 2.05) is 0 Å². The summed E-state index contributed by atoms with van der Waals surface area (Å²) < 4.78 is 30.3. The Morgan fingerprint density at radius 2 is 2.40 bits per heavy atom. The van der Waals surface area contributed by atoms with Crippen LogP contribution in [0, 0.1) is 0 Å². The molecule has 1 heterocycles. The molecule has 15 heavy (non-hydrogen) atoms. The third kappa shape index (κ3) is 3.29. The van der Waals surface area contributed by atoms with E-state index in [0.717, 1.165) is 5.56 Å². The van der Waals surface area contributed by atoms with Gasteiger partial charge in [-0.15, -0.1) is 0 Å². The lowest BCUT2D eigenvalue weighted by Crippen LogP contribution is -2.39. The molecule has 0 aromatic carbocycles. The van der Waals surface area contributed by atoms with Gasteiger partial charge in [0, 0.05) is 12.1 Å². The van der Waals surface area contributed by atoms with Gasteiger partial charge in [-0.3, -0.25) is 0 Å². The number of rotatable bonds is 5. The molecule has 0 amide bonds. The van der Waals surface area contributed by atoms with Crippen molar-refractivity contribution < 1.29 is 12.8 Å². The van der Waals surface area contributed by atoms with Gasteiger partial charge in [-0.2, -0.15) is 0 Å². The molecule has 0 saturated heterocycles. The summed E-state index contributed by atoms with van der Waals surface area (Å²) in [6.07, 6.45) is 2.94. The zero-order valence-electron chi connectivity index (χ0n) is 8.14. The van der Waals surface area contributed by atoms with Crippen molar-refractivity contribution in [3.8, 4) is 0 Å². The molecule has 1 rings (SSSR count). The average Bonchev–Trinajstić information content (AvgIpc) is 2.66. The summed E-state index contributed by atoms with van der Waals surface area (Å²) in [5, 5.41) is -0.876. The molecule has 1 unspecified atom stereocenters. The molecule has 0 radical (unpaired) electrons. The van der Waals surface area contributed by atoms with Gasteiger partial charge in [-0.25, -0.2) is 13.1 Å². The first-order chi connectivity index (χ1) is 6.93. The molecule has 7 heteroatoms. The van der Waals surface area contributed by atoms with Gasteiger partial charge in [-0.05, 0) is 13.0 Å². The van der Waals surface area contributed by atoms with E-state index in [9.17, 15) is 8.42 Å². The predicted molar refractivity (Wildman–Crippen MR) is 60.7 cm³/mol. The van der Waals surface area contributed by atoms with Crippen LogP contribution in [-0.4, -0.2) is 18.7 Å². The van der Waals surface area contributed by atoms with Crippen LogP contribution in [0.4, 0.5) is 0 Å². The van der Waals surface area contributed by atoms with Crippen LogP contribution in [0.15, 0.2) is 23.0 Å². The highest BCUT2D eigenvalue weighted by Gasteiger charge is 2.22. The monoisotopic (exact) mass is 248 g/mol. The van der Waals surface area contributed by atoms with E-state index in [1.165, 1.54) is 19.5 Å². The maximum atomic E-state index is 11.6. The second-order valence-electron chi connectivity index (χ2n) is 3.04. The molecule has 1 atom stereocenters. The Hall–Kier alpha value is -0.920. The van der Waals surface area contributed by atoms with Crippen LogP contribution in [-0.2, 0) is 16.6 Å². The number of furan rings is 1. The van der Waals surface area contributed by atoms with E-state index in [1.54, 1.807) is 6.07 Å². The first-order valence-electron chi connectivity index (χ1n) is 4.22. The summed E-state index contributed by atoms with van der Waals surface area (Å²) >= 11 is 4.62. The molecule has 0 fully saturated rings. The van der Waals surface area contributed by atoms with Crippen molar-refractivity contribution in [2.75, 3.05) is 0 Å². The van der Waals surface area contributed by atoms with Crippen molar-refractivity contribution in [3.63, 3.8) is 0 Å². The fourth-order valence-electron chi connectivity index (χ4n) is 0.855. The summed E-state index contributed by atoms with van der Waals surface area (Å²) in [7, 11) is -3.49. The largest absolute Gasteiger partial charge is 0.472 e. The van der Waals surface area contributed by atoms with Gasteiger partial charge in [0.25, 0.3) is 0 Å². The normalized spacial score (nSPS) is 13.7. The Morgan fingerprint density at radius 1 is 1.73 bits per heavy atom. The minimum absolute atomic E-state index is 0.0466. The second kappa shape index (κ2) is 4.73. The van der Waals surface area contributed by atoms with Crippen LogP contribution in [0.25, 0.3) is 0 Å². The summed E-state index contributed by atoms with van der Waals surface area (Å²) in [5.74, 6) is 0. The molecule has 0 aliphatic carbocycles. The van der Waals surface area contributed by atoms with E-state index in [-0.39, 0.29) is 11.5 Å². The number of hydrogen-bond acceptors (Lipinski definition) is 4. The van der Waals surface area contributed by atoms with E-state index in [2.05, 4.69) is 16.9 Å². The SMILES string of the molecule is CC(C(N)=S)S(=O)(=O)NCc1ccoc1. The predicted octanol–water partition coefficient (Wildman–Crippen LogP) is 0.374. The van der Waals surface area contributed by atoms with Crippen molar-refractivity contribution in [2.24, 2.45) is 5.73 Å². The maximum absolute atomic E-state index is 11.6. The first kappa shape index (κ1) is 12.2. The van der Waals surface area contributed by atoms with E-state index < -0.39 is 15.3 Å². The zero-order chi connectivity index (χ0) is 11.5. The van der Waals surface area contributed by atoms with Crippen molar-refractivity contribution >= 4 is 27.2 Å². The number of nitrogens with one attached hydrogen (secondary N) is 1. The van der Waals surface area contributed by atoms with Crippen molar-refractivity contribution in [3.05, 3.63) is 24.2 Å². The van der Waals surface area contributed by atoms with E-state index >= 15 is 0 Å². The Bertz CT molecular complexity index is 425. The standard InChI is InChI=1S/C8H12N2O3S2/c1-6(8(9)14)15(11,12)10-4-7-2-3-13-5-7/h2-3,5-6,10H,4H2,1H3,(H2,9,14). The highest BCUT2D eigenvalue weighted by molar-refractivity contribution is 7.93. The number of hydrogen-bond donors (Lipinski definition) is 2. The van der Waals surface area contributed by atoms with Gasteiger partial charge in [0.05, 0.1) is 17.5 Å². The third-order valence-electron chi connectivity index (χ3n) is 1.92. The molecule has 1 aromatic rings. The van der Waals surface area contributed by atoms with Crippen molar-refractivity contribution in [2.45, 2.75) is 18.7 Å². The van der Waals surface area contributed by atoms with Crippen LogP contribution in [0.3, 0.4) is 0 Å².